The Morgan fingerprint density at radius 3 is 2.33 bits per heavy atom. The van der Waals surface area contributed by atoms with Crippen LogP contribution in [0.1, 0.15) is 63.5 Å². The number of methoxy groups -OCH3 is 1. The van der Waals surface area contributed by atoms with Gasteiger partial charge in [0.2, 0.25) is 5.91 Å². The molecule has 6 fully saturated rings. The van der Waals surface area contributed by atoms with Crippen LogP contribution in [0.25, 0.3) is 0 Å². The molecule has 1 aromatic rings. The quantitative estimate of drug-likeness (QED) is 0.156. The van der Waals surface area contributed by atoms with Crippen LogP contribution in [-0.2, 0) is 41.0 Å². The number of amides is 1. The number of nitrogens with one attached hydrogen (secondary N) is 1. The highest BCUT2D eigenvalue weighted by atomic mass is 35.5. The molecule has 6 aliphatic rings. The molecule has 13 nitrogen and oxygen atoms in total. The van der Waals surface area contributed by atoms with Crippen LogP contribution in [0.2, 0.25) is 0 Å². The van der Waals surface area contributed by atoms with E-state index in [1.165, 1.54) is 6.92 Å². The van der Waals surface area contributed by atoms with Crippen molar-refractivity contribution in [2.75, 3.05) is 13.7 Å². The van der Waals surface area contributed by atoms with Crippen LogP contribution in [0.5, 0.6) is 5.75 Å². The molecular formula is C31H42ClNO12. The summed E-state index contributed by atoms with van der Waals surface area (Å²) < 4.78 is 18.2. The van der Waals surface area contributed by atoms with Crippen LogP contribution >= 0.6 is 11.6 Å². The summed E-state index contributed by atoms with van der Waals surface area (Å²) in [6.45, 7) is 2.15. The summed E-state index contributed by atoms with van der Waals surface area (Å²) in [5.41, 5.74) is 0.352. The number of carboxylic acid groups (broad SMARTS) is 1. The summed E-state index contributed by atoms with van der Waals surface area (Å²) >= 11 is 7.03. The lowest BCUT2D eigenvalue weighted by molar-refractivity contribution is -0.645. The van der Waals surface area contributed by atoms with E-state index in [0.717, 1.165) is 32.1 Å². The average Bonchev–Trinajstić information content (AvgIpc) is 2.96. The molecule has 9 atom stereocenters. The normalized spacial score (nSPS) is 43.0. The zero-order chi connectivity index (χ0) is 32.5. The van der Waals surface area contributed by atoms with E-state index in [1.54, 1.807) is 19.2 Å². The molecule has 1 spiro atoms. The van der Waals surface area contributed by atoms with Crippen molar-refractivity contribution in [3.05, 3.63) is 29.3 Å². The van der Waals surface area contributed by atoms with E-state index in [-0.39, 0.29) is 22.5 Å². The van der Waals surface area contributed by atoms with Gasteiger partial charge in [-0.1, -0.05) is 19.1 Å². The predicted molar refractivity (Wildman–Crippen MR) is 155 cm³/mol. The van der Waals surface area contributed by atoms with Gasteiger partial charge >= 0.3 is 11.8 Å². The number of ether oxygens (including phenoxy) is 3. The third kappa shape index (κ3) is 4.97. The largest absolute Gasteiger partial charge is 0.476 e. The smallest absolute Gasteiger partial charge is 0.377 e. The van der Waals surface area contributed by atoms with Crippen LogP contribution in [0, 0.1) is 17.8 Å². The molecule has 14 heteroatoms. The lowest BCUT2D eigenvalue weighted by Gasteiger charge is -2.70. The SMILES string of the molecule is CCc1ccc(C2(OC)OOC23C2CC4CC3CC(Cl)(C4)C2)cc1O[C@@]1(C(=O)O)C[C@H](O)[C@@H](NC(C)=O)[C@H](C(O)C(O)CO)O1. The molecule has 5 unspecified atom stereocenters. The van der Waals surface area contributed by atoms with Gasteiger partial charge in [-0.3, -0.25) is 4.79 Å². The molecule has 0 radical (unpaired) electrons. The number of alkyl halides is 1. The van der Waals surface area contributed by atoms with Crippen molar-refractivity contribution < 1.29 is 59.1 Å². The minimum atomic E-state index is -2.56. The number of aryl methyl sites for hydroxylation is 1. The first-order chi connectivity index (χ1) is 21.3. The molecule has 7 rings (SSSR count). The summed E-state index contributed by atoms with van der Waals surface area (Å²) in [6, 6.07) is 3.92. The highest BCUT2D eigenvalue weighted by Gasteiger charge is 2.78. The van der Waals surface area contributed by atoms with Crippen LogP contribution in [-0.4, -0.2) is 97.8 Å². The van der Waals surface area contributed by atoms with Crippen LogP contribution in [0.3, 0.4) is 0 Å². The Bertz CT molecular complexity index is 1310. The topological polar surface area (TPSA) is 193 Å². The maximum Gasteiger partial charge on any atom is 0.377 e. The molecular weight excluding hydrogens is 614 g/mol. The standard InChI is InChI=1S/C31H42ClNO12/c1-4-17-5-6-18(31(41-3)30(44-45-31)19-7-16-8-20(30)12-28(32,10-16)11-19)9-23(17)42-29(27(39)40)13-21(36)24(33-15(2)35)26(43-29)25(38)22(37)14-34/h5-6,9,16,19-22,24-26,34,36-38H,4,7-8,10-14H2,1-3H3,(H,33,35)(H,39,40)/t16?,19?,20?,21-,22?,24+,25?,26+,28?,29-,30?,31?/m0/s1. The Balaban J connectivity index is 1.37. The monoisotopic (exact) mass is 655 g/mol. The summed E-state index contributed by atoms with van der Waals surface area (Å²) in [5, 5.41) is 54.5. The first kappa shape index (κ1) is 32.9. The predicted octanol–water partition coefficient (Wildman–Crippen LogP) is 1.09. The maximum atomic E-state index is 12.9. The zero-order valence-electron chi connectivity index (χ0n) is 25.5. The number of aliphatic carboxylic acids is 1. The van der Waals surface area contributed by atoms with Gasteiger partial charge in [-0.15, -0.1) is 11.6 Å². The van der Waals surface area contributed by atoms with E-state index in [2.05, 4.69) is 5.32 Å². The summed E-state index contributed by atoms with van der Waals surface area (Å²) in [4.78, 5) is 36.5. The van der Waals surface area contributed by atoms with E-state index < -0.39 is 72.5 Å². The molecule has 4 bridgehead atoms. The van der Waals surface area contributed by atoms with Crippen molar-refractivity contribution in [2.45, 2.75) is 111 Å². The van der Waals surface area contributed by atoms with Crippen molar-refractivity contribution in [2.24, 2.45) is 17.8 Å². The van der Waals surface area contributed by atoms with Crippen LogP contribution in [0.15, 0.2) is 18.2 Å². The van der Waals surface area contributed by atoms with Crippen LogP contribution < -0.4 is 10.1 Å². The fraction of sp³-hybridized carbons (Fsp3) is 0.742. The number of halogens is 1. The summed E-state index contributed by atoms with van der Waals surface area (Å²) in [6.07, 6.45) is -2.73. The van der Waals surface area contributed by atoms with E-state index in [1.807, 2.05) is 13.0 Å². The lowest BCUT2D eigenvalue weighted by Crippen LogP contribution is -2.78. The number of aliphatic hydroxyl groups is 4. The molecule has 4 aliphatic carbocycles. The second-order valence-electron chi connectivity index (χ2n) is 13.4. The third-order valence-corrected chi connectivity index (χ3v) is 11.2. The van der Waals surface area contributed by atoms with E-state index in [9.17, 15) is 35.1 Å². The number of hydrogen-bond acceptors (Lipinski definition) is 11. The minimum absolute atomic E-state index is 0.0817. The Morgan fingerprint density at radius 2 is 1.82 bits per heavy atom. The van der Waals surface area contributed by atoms with Crippen molar-refractivity contribution in [1.82, 2.24) is 5.32 Å². The van der Waals surface area contributed by atoms with Crippen molar-refractivity contribution >= 4 is 23.5 Å². The van der Waals surface area contributed by atoms with Crippen molar-refractivity contribution in [1.29, 1.82) is 0 Å². The molecule has 1 aromatic carbocycles. The number of rotatable bonds is 10. The highest BCUT2D eigenvalue weighted by Crippen LogP contribution is 2.71. The van der Waals surface area contributed by atoms with Gasteiger partial charge in [-0.25, -0.2) is 9.68 Å². The maximum absolute atomic E-state index is 12.9. The number of carbonyl (C=O) groups excluding carboxylic acids is 1. The molecule has 45 heavy (non-hydrogen) atoms. The summed E-state index contributed by atoms with van der Waals surface area (Å²) in [7, 11) is 1.54. The second-order valence-corrected chi connectivity index (χ2v) is 14.2. The number of aliphatic hydroxyl groups excluding tert-OH is 4. The first-order valence-corrected chi connectivity index (χ1v) is 15.9. The zero-order valence-corrected chi connectivity index (χ0v) is 26.2. The van der Waals surface area contributed by atoms with Crippen LogP contribution in [0.4, 0.5) is 0 Å². The van der Waals surface area contributed by atoms with Gasteiger partial charge < -0.3 is 45.1 Å². The first-order valence-electron chi connectivity index (χ1n) is 15.5. The highest BCUT2D eigenvalue weighted by molar-refractivity contribution is 6.24. The van der Waals surface area contributed by atoms with Gasteiger partial charge in [0.1, 0.15) is 24.1 Å². The Morgan fingerprint density at radius 1 is 1.13 bits per heavy atom. The van der Waals surface area contributed by atoms with Crippen molar-refractivity contribution in [3.63, 3.8) is 0 Å². The van der Waals surface area contributed by atoms with Crippen molar-refractivity contribution in [3.8, 4) is 5.75 Å². The molecule has 6 N–H and O–H groups in total. The van der Waals surface area contributed by atoms with E-state index >= 15 is 0 Å². The van der Waals surface area contributed by atoms with Gasteiger partial charge in [-0.05, 0) is 67.9 Å². The van der Waals surface area contributed by atoms with Gasteiger partial charge in [0.25, 0.3) is 5.79 Å². The summed E-state index contributed by atoms with van der Waals surface area (Å²) in [5.74, 6) is -5.30. The van der Waals surface area contributed by atoms with E-state index in [0.29, 0.717) is 23.5 Å². The minimum Gasteiger partial charge on any atom is -0.476 e. The molecule has 4 saturated carbocycles. The number of benzene rings is 1. The Hall–Kier alpha value is -2.07. The lowest BCUT2D eigenvalue weighted by atomic mass is 9.46. The fourth-order valence-corrected chi connectivity index (χ4v) is 9.49. The Labute approximate surface area is 265 Å². The van der Waals surface area contributed by atoms with E-state index in [4.69, 9.17) is 35.6 Å². The number of carboxylic acids is 1. The van der Waals surface area contributed by atoms with Gasteiger partial charge in [-0.2, -0.15) is 4.89 Å². The van der Waals surface area contributed by atoms with Gasteiger partial charge in [0.15, 0.2) is 5.60 Å². The average molecular weight is 656 g/mol. The molecule has 2 saturated heterocycles. The molecule has 2 aliphatic heterocycles. The van der Waals surface area contributed by atoms with Gasteiger partial charge in [0, 0.05) is 24.5 Å². The fourth-order valence-electron chi connectivity index (χ4n) is 8.90. The molecule has 250 valence electrons. The second kappa shape index (κ2) is 11.6. The molecule has 0 aromatic heterocycles. The third-order valence-electron chi connectivity index (χ3n) is 10.7. The Kier molecular flexibility index (Phi) is 8.44. The van der Waals surface area contributed by atoms with Gasteiger partial charge in [0.05, 0.1) is 25.2 Å². The number of carbonyl (C=O) groups is 2. The molecule has 1 amide bonds. The number of hydrogen-bond donors (Lipinski definition) is 6. The molecule has 2 heterocycles.